The largest absolute Gasteiger partial charge is 0.388 e. The van der Waals surface area contributed by atoms with Crippen molar-refractivity contribution in [3.05, 3.63) is 15.6 Å². The fourth-order valence-corrected chi connectivity index (χ4v) is 4.40. The molecule has 0 aromatic carbocycles. The van der Waals surface area contributed by atoms with Crippen LogP contribution in [0.1, 0.15) is 34.6 Å². The Bertz CT molecular complexity index is 365. The summed E-state index contributed by atoms with van der Waals surface area (Å²) in [5.41, 5.74) is 0.985. The van der Waals surface area contributed by atoms with Crippen LogP contribution in [0, 0.1) is 6.92 Å². The first kappa shape index (κ1) is 12.4. The molecule has 90 valence electrons. The van der Waals surface area contributed by atoms with E-state index in [1.54, 1.807) is 11.3 Å². The van der Waals surface area contributed by atoms with Crippen molar-refractivity contribution >= 4 is 23.1 Å². The molecule has 0 radical (unpaired) electrons. The summed E-state index contributed by atoms with van der Waals surface area (Å²) in [7, 11) is 2.16. The molecule has 1 aliphatic heterocycles. The molecule has 0 bridgehead atoms. The van der Waals surface area contributed by atoms with E-state index in [9.17, 15) is 5.11 Å². The monoisotopic (exact) mass is 258 g/mol. The summed E-state index contributed by atoms with van der Waals surface area (Å²) in [6.07, 6.45) is -0.396. The van der Waals surface area contributed by atoms with Crippen molar-refractivity contribution < 1.29 is 5.11 Å². The van der Waals surface area contributed by atoms with Crippen LogP contribution in [-0.4, -0.2) is 40.1 Å². The number of aliphatic hydroxyl groups excluding tert-OH is 1. The number of aromatic nitrogens is 1. The molecule has 2 rings (SSSR count). The molecule has 0 amide bonds. The van der Waals surface area contributed by atoms with E-state index in [0.717, 1.165) is 27.9 Å². The van der Waals surface area contributed by atoms with Gasteiger partial charge in [-0.25, -0.2) is 4.98 Å². The molecule has 0 spiro atoms. The molecule has 1 aromatic heterocycles. The van der Waals surface area contributed by atoms with Crippen LogP contribution in [0.4, 0.5) is 0 Å². The maximum absolute atomic E-state index is 9.63. The highest BCUT2D eigenvalue weighted by Gasteiger charge is 2.25. The SMILES string of the molecule is Cc1nc(C2CSCCN2C)sc1C(C)O. The zero-order valence-electron chi connectivity index (χ0n) is 9.93. The Morgan fingerprint density at radius 1 is 1.56 bits per heavy atom. The van der Waals surface area contributed by atoms with Crippen LogP contribution in [0.15, 0.2) is 0 Å². The van der Waals surface area contributed by atoms with E-state index < -0.39 is 6.10 Å². The molecule has 0 aliphatic carbocycles. The third-order valence-electron chi connectivity index (χ3n) is 2.91. The van der Waals surface area contributed by atoms with Crippen molar-refractivity contribution in [2.45, 2.75) is 26.0 Å². The number of nitrogens with zero attached hydrogens (tertiary/aromatic N) is 2. The van der Waals surface area contributed by atoms with Crippen molar-refractivity contribution in [2.75, 3.05) is 25.1 Å². The molecule has 16 heavy (non-hydrogen) atoms. The summed E-state index contributed by atoms with van der Waals surface area (Å²) in [6.45, 7) is 4.92. The molecule has 1 aliphatic rings. The molecule has 1 saturated heterocycles. The molecular weight excluding hydrogens is 240 g/mol. The number of thioether (sulfide) groups is 1. The topological polar surface area (TPSA) is 36.4 Å². The highest BCUT2D eigenvalue weighted by Crippen LogP contribution is 2.34. The number of hydrogen-bond acceptors (Lipinski definition) is 5. The third kappa shape index (κ3) is 2.42. The van der Waals surface area contributed by atoms with E-state index in [4.69, 9.17) is 0 Å². The molecule has 2 unspecified atom stereocenters. The van der Waals surface area contributed by atoms with Gasteiger partial charge in [-0.05, 0) is 20.9 Å². The summed E-state index contributed by atoms with van der Waals surface area (Å²) < 4.78 is 0. The zero-order chi connectivity index (χ0) is 11.7. The van der Waals surface area contributed by atoms with Gasteiger partial charge in [0.25, 0.3) is 0 Å². The van der Waals surface area contributed by atoms with Gasteiger partial charge in [-0.15, -0.1) is 11.3 Å². The summed E-state index contributed by atoms with van der Waals surface area (Å²) in [4.78, 5) is 7.98. The van der Waals surface area contributed by atoms with Gasteiger partial charge in [-0.3, -0.25) is 4.90 Å². The zero-order valence-corrected chi connectivity index (χ0v) is 11.6. The lowest BCUT2D eigenvalue weighted by Gasteiger charge is -2.30. The Labute approximate surface area is 105 Å². The van der Waals surface area contributed by atoms with Crippen molar-refractivity contribution in [2.24, 2.45) is 0 Å². The van der Waals surface area contributed by atoms with E-state index in [0.29, 0.717) is 6.04 Å². The smallest absolute Gasteiger partial charge is 0.111 e. The minimum absolute atomic E-state index is 0.396. The van der Waals surface area contributed by atoms with E-state index >= 15 is 0 Å². The summed E-state index contributed by atoms with van der Waals surface area (Å²) in [5, 5.41) is 10.8. The average Bonchev–Trinajstić information content (AvgIpc) is 2.61. The predicted octanol–water partition coefficient (Wildman–Crippen LogP) is 2.22. The Morgan fingerprint density at radius 2 is 2.31 bits per heavy atom. The second-order valence-electron chi connectivity index (χ2n) is 4.25. The summed E-state index contributed by atoms with van der Waals surface area (Å²) in [6, 6.07) is 0.426. The fourth-order valence-electron chi connectivity index (χ4n) is 1.91. The van der Waals surface area contributed by atoms with Crippen LogP contribution in [0.3, 0.4) is 0 Å². The van der Waals surface area contributed by atoms with Crippen molar-refractivity contribution in [3.63, 3.8) is 0 Å². The Morgan fingerprint density at radius 3 is 2.88 bits per heavy atom. The van der Waals surface area contributed by atoms with Gasteiger partial charge in [0.05, 0.1) is 22.7 Å². The van der Waals surface area contributed by atoms with Crippen LogP contribution < -0.4 is 0 Å². The van der Waals surface area contributed by atoms with Crippen LogP contribution in [0.2, 0.25) is 0 Å². The molecule has 1 fully saturated rings. The Balaban J connectivity index is 2.23. The van der Waals surface area contributed by atoms with Gasteiger partial charge in [0, 0.05) is 18.1 Å². The van der Waals surface area contributed by atoms with Crippen LogP contribution in [-0.2, 0) is 0 Å². The minimum atomic E-state index is -0.396. The third-order valence-corrected chi connectivity index (χ3v) is 5.36. The molecule has 0 saturated carbocycles. The highest BCUT2D eigenvalue weighted by molar-refractivity contribution is 7.99. The van der Waals surface area contributed by atoms with E-state index in [-0.39, 0.29) is 0 Å². The van der Waals surface area contributed by atoms with E-state index in [2.05, 4.69) is 16.9 Å². The van der Waals surface area contributed by atoms with E-state index in [1.165, 1.54) is 5.75 Å². The second kappa shape index (κ2) is 5.04. The quantitative estimate of drug-likeness (QED) is 0.882. The van der Waals surface area contributed by atoms with Gasteiger partial charge in [-0.1, -0.05) is 0 Å². The van der Waals surface area contributed by atoms with Gasteiger partial charge in [0.15, 0.2) is 0 Å². The Kier molecular flexibility index (Phi) is 3.89. The van der Waals surface area contributed by atoms with Gasteiger partial charge in [0.2, 0.25) is 0 Å². The number of thiazole rings is 1. The van der Waals surface area contributed by atoms with Gasteiger partial charge in [-0.2, -0.15) is 11.8 Å². The molecule has 1 aromatic rings. The highest BCUT2D eigenvalue weighted by atomic mass is 32.2. The molecule has 3 nitrogen and oxygen atoms in total. The van der Waals surface area contributed by atoms with Gasteiger partial charge >= 0.3 is 0 Å². The molecule has 2 atom stereocenters. The fraction of sp³-hybridized carbons (Fsp3) is 0.727. The number of hydrogen-bond donors (Lipinski definition) is 1. The Hall–Kier alpha value is -0.100. The second-order valence-corrected chi connectivity index (χ2v) is 6.46. The molecule has 5 heteroatoms. The first-order valence-electron chi connectivity index (χ1n) is 5.53. The van der Waals surface area contributed by atoms with Crippen molar-refractivity contribution in [1.82, 2.24) is 9.88 Å². The first-order valence-corrected chi connectivity index (χ1v) is 7.50. The molecular formula is C11H18N2OS2. The first-order chi connectivity index (χ1) is 7.59. The lowest BCUT2D eigenvalue weighted by Crippen LogP contribution is -2.32. The van der Waals surface area contributed by atoms with Crippen molar-refractivity contribution in [1.29, 1.82) is 0 Å². The standard InChI is InChI=1S/C11H18N2OS2/c1-7-10(8(2)14)16-11(12-7)9-6-15-5-4-13(9)3/h8-9,14H,4-6H2,1-3H3. The molecule has 2 heterocycles. The van der Waals surface area contributed by atoms with Gasteiger partial charge < -0.3 is 5.11 Å². The maximum Gasteiger partial charge on any atom is 0.111 e. The predicted molar refractivity (Wildman–Crippen MR) is 70.2 cm³/mol. The summed E-state index contributed by atoms with van der Waals surface area (Å²) >= 11 is 3.65. The summed E-state index contributed by atoms with van der Waals surface area (Å²) in [5.74, 6) is 2.32. The van der Waals surface area contributed by atoms with Crippen LogP contribution in [0.25, 0.3) is 0 Å². The molecule has 1 N–H and O–H groups in total. The minimum Gasteiger partial charge on any atom is -0.388 e. The van der Waals surface area contributed by atoms with Crippen molar-refractivity contribution in [3.8, 4) is 0 Å². The van der Waals surface area contributed by atoms with Crippen LogP contribution in [0.5, 0.6) is 0 Å². The average molecular weight is 258 g/mol. The maximum atomic E-state index is 9.63. The van der Waals surface area contributed by atoms with Gasteiger partial charge in [0.1, 0.15) is 5.01 Å². The lowest BCUT2D eigenvalue weighted by molar-refractivity contribution is 0.202. The normalized spacial score (nSPS) is 24.6. The number of rotatable bonds is 2. The number of aryl methyl sites for hydroxylation is 1. The number of aliphatic hydroxyl groups is 1. The van der Waals surface area contributed by atoms with E-state index in [1.807, 2.05) is 25.6 Å². The lowest BCUT2D eigenvalue weighted by atomic mass is 10.3. The van der Waals surface area contributed by atoms with Crippen LogP contribution >= 0.6 is 23.1 Å².